The zero-order chi connectivity index (χ0) is 22.8. The Labute approximate surface area is 193 Å². The topological polar surface area (TPSA) is 74.8 Å². The minimum atomic E-state index is -3.39. The van der Waals surface area contributed by atoms with Crippen LogP contribution in [0.5, 0.6) is 0 Å². The van der Waals surface area contributed by atoms with Crippen LogP contribution in [0.15, 0.2) is 41.3 Å². The largest absolute Gasteiger partial charge is 0.308 e. The van der Waals surface area contributed by atoms with Crippen LogP contribution in [0.1, 0.15) is 39.5 Å². The van der Waals surface area contributed by atoms with E-state index in [4.69, 9.17) is 11.6 Å². The summed E-state index contributed by atoms with van der Waals surface area (Å²) in [4.78, 5) is 29.1. The molecular formula is C24H25ClN2O4S. The van der Waals surface area contributed by atoms with Crippen LogP contribution in [0.3, 0.4) is 0 Å². The number of hydrogen-bond acceptors (Lipinski definition) is 4. The van der Waals surface area contributed by atoms with Crippen molar-refractivity contribution in [1.29, 1.82) is 0 Å². The maximum Gasteiger partial charge on any atom is 0.230 e. The lowest BCUT2D eigenvalue weighted by Crippen LogP contribution is -2.51. The lowest BCUT2D eigenvalue weighted by Gasteiger charge is -2.41. The van der Waals surface area contributed by atoms with E-state index in [9.17, 15) is 18.0 Å². The quantitative estimate of drug-likeness (QED) is 0.659. The van der Waals surface area contributed by atoms with Gasteiger partial charge in [0.15, 0.2) is 9.84 Å². The first-order chi connectivity index (χ1) is 15.2. The van der Waals surface area contributed by atoms with Crippen LogP contribution in [-0.2, 0) is 19.4 Å². The van der Waals surface area contributed by atoms with Crippen molar-refractivity contribution < 1.29 is 18.0 Å². The number of benzene rings is 2. The molecule has 8 heteroatoms. The SMILES string of the molecule is CC(=O)N1c2ccc(-c3cc(Cl)cc(S(=O)(=O)C4CC4)c3)cc2N(C(=O)C2CC2)C[C@@H]1C. The number of carbonyl (C=O) groups excluding carboxylic acids is 2. The van der Waals surface area contributed by atoms with E-state index in [1.54, 1.807) is 21.9 Å². The summed E-state index contributed by atoms with van der Waals surface area (Å²) in [5.41, 5.74) is 2.80. The number of sulfone groups is 1. The van der Waals surface area contributed by atoms with Crippen molar-refractivity contribution >= 4 is 44.6 Å². The summed E-state index contributed by atoms with van der Waals surface area (Å²) in [5, 5.41) is 0.0268. The van der Waals surface area contributed by atoms with Gasteiger partial charge in [0.2, 0.25) is 11.8 Å². The molecule has 0 saturated heterocycles. The fourth-order valence-electron chi connectivity index (χ4n) is 4.51. The summed E-state index contributed by atoms with van der Waals surface area (Å²) in [7, 11) is -3.39. The molecule has 0 unspecified atom stereocenters. The van der Waals surface area contributed by atoms with Crippen molar-refractivity contribution in [2.24, 2.45) is 5.92 Å². The molecule has 2 fully saturated rings. The third-order valence-corrected chi connectivity index (χ3v) is 8.90. The highest BCUT2D eigenvalue weighted by Gasteiger charge is 2.40. The molecule has 0 N–H and O–H groups in total. The Morgan fingerprint density at radius 1 is 0.969 bits per heavy atom. The first-order valence-corrected chi connectivity index (χ1v) is 12.9. The summed E-state index contributed by atoms with van der Waals surface area (Å²) < 4.78 is 25.6. The lowest BCUT2D eigenvalue weighted by molar-refractivity contribution is -0.120. The third-order valence-electron chi connectivity index (χ3n) is 6.44. The Morgan fingerprint density at radius 3 is 2.31 bits per heavy atom. The Balaban J connectivity index is 1.62. The van der Waals surface area contributed by atoms with E-state index < -0.39 is 9.84 Å². The van der Waals surface area contributed by atoms with Crippen LogP contribution < -0.4 is 9.80 Å². The molecule has 2 aliphatic carbocycles. The molecule has 1 atom stereocenters. The minimum absolute atomic E-state index is 0.0454. The van der Waals surface area contributed by atoms with Gasteiger partial charge in [-0.2, -0.15) is 0 Å². The highest BCUT2D eigenvalue weighted by molar-refractivity contribution is 7.92. The van der Waals surface area contributed by atoms with E-state index in [2.05, 4.69) is 0 Å². The molecule has 3 aliphatic rings. The Morgan fingerprint density at radius 2 is 1.69 bits per heavy atom. The zero-order valence-electron chi connectivity index (χ0n) is 18.0. The van der Waals surface area contributed by atoms with Crippen LogP contribution >= 0.6 is 11.6 Å². The van der Waals surface area contributed by atoms with Gasteiger partial charge >= 0.3 is 0 Å². The molecule has 2 amide bonds. The maximum atomic E-state index is 13.0. The van der Waals surface area contributed by atoms with Gasteiger partial charge in [0, 0.05) is 24.4 Å². The van der Waals surface area contributed by atoms with Gasteiger partial charge in [-0.25, -0.2) is 8.42 Å². The Bertz CT molecular complexity index is 1230. The number of fused-ring (bicyclic) bond motifs is 1. The van der Waals surface area contributed by atoms with Gasteiger partial charge in [-0.1, -0.05) is 17.7 Å². The Hall–Kier alpha value is -2.38. The monoisotopic (exact) mass is 472 g/mol. The predicted octanol–water partition coefficient (Wildman–Crippen LogP) is 4.44. The van der Waals surface area contributed by atoms with Crippen molar-refractivity contribution in [3.8, 4) is 11.1 Å². The van der Waals surface area contributed by atoms with E-state index >= 15 is 0 Å². The number of anilines is 2. The summed E-state index contributed by atoms with van der Waals surface area (Å²) in [6, 6.07) is 10.3. The highest BCUT2D eigenvalue weighted by atomic mass is 35.5. The average Bonchev–Trinajstić information content (AvgIpc) is 3.63. The molecule has 1 aliphatic heterocycles. The van der Waals surface area contributed by atoms with Crippen molar-refractivity contribution in [1.82, 2.24) is 0 Å². The summed E-state index contributed by atoms with van der Waals surface area (Å²) >= 11 is 6.31. The van der Waals surface area contributed by atoms with Gasteiger partial charge in [0.25, 0.3) is 0 Å². The van der Waals surface area contributed by atoms with E-state index in [0.717, 1.165) is 18.4 Å². The lowest BCUT2D eigenvalue weighted by atomic mass is 10.00. The van der Waals surface area contributed by atoms with Gasteiger partial charge in [0.05, 0.1) is 27.6 Å². The molecule has 0 spiro atoms. The van der Waals surface area contributed by atoms with E-state index in [0.29, 0.717) is 41.3 Å². The molecule has 5 rings (SSSR count). The summed E-state index contributed by atoms with van der Waals surface area (Å²) in [6.45, 7) is 3.90. The standard InChI is InChI=1S/C24H25ClN2O4S/c1-14-13-26(24(29)16-3-4-16)23-11-17(5-8-22(23)27(14)15(2)28)18-9-19(25)12-21(10-18)32(30,31)20-6-7-20/h5,8-12,14,16,20H,3-4,6-7,13H2,1-2H3/t14-/m0/s1. The molecular weight excluding hydrogens is 448 g/mol. The van der Waals surface area contributed by atoms with Gasteiger partial charge in [0.1, 0.15) is 0 Å². The van der Waals surface area contributed by atoms with Gasteiger partial charge in [-0.3, -0.25) is 9.59 Å². The number of rotatable bonds is 4. The van der Waals surface area contributed by atoms with E-state index in [-0.39, 0.29) is 33.9 Å². The van der Waals surface area contributed by atoms with E-state index in [1.807, 2.05) is 25.1 Å². The highest BCUT2D eigenvalue weighted by Crippen LogP contribution is 2.43. The molecule has 0 aromatic heterocycles. The molecule has 32 heavy (non-hydrogen) atoms. The Kier molecular flexibility index (Phi) is 5.09. The zero-order valence-corrected chi connectivity index (χ0v) is 19.6. The van der Waals surface area contributed by atoms with Crippen molar-refractivity contribution in [3.05, 3.63) is 41.4 Å². The van der Waals surface area contributed by atoms with Gasteiger partial charge < -0.3 is 9.80 Å². The molecule has 168 valence electrons. The van der Waals surface area contributed by atoms with Crippen molar-refractivity contribution in [3.63, 3.8) is 0 Å². The molecule has 1 heterocycles. The number of amides is 2. The number of halogens is 1. The number of hydrogen-bond donors (Lipinski definition) is 0. The third kappa shape index (κ3) is 3.71. The smallest absolute Gasteiger partial charge is 0.230 e. The van der Waals surface area contributed by atoms with Crippen LogP contribution in [0.2, 0.25) is 5.02 Å². The van der Waals surface area contributed by atoms with Crippen LogP contribution in [0.4, 0.5) is 11.4 Å². The molecule has 2 aromatic carbocycles. The molecule has 0 bridgehead atoms. The average molecular weight is 473 g/mol. The maximum absolute atomic E-state index is 13.0. The van der Waals surface area contributed by atoms with Gasteiger partial charge in [-0.15, -0.1) is 0 Å². The predicted molar refractivity (Wildman–Crippen MR) is 125 cm³/mol. The van der Waals surface area contributed by atoms with Crippen LogP contribution in [0, 0.1) is 5.92 Å². The fourth-order valence-corrected chi connectivity index (χ4v) is 6.53. The summed E-state index contributed by atoms with van der Waals surface area (Å²) in [6.07, 6.45) is 3.15. The number of nitrogens with zero attached hydrogens (tertiary/aromatic N) is 2. The van der Waals surface area contributed by atoms with Crippen LogP contribution in [-0.4, -0.2) is 38.1 Å². The van der Waals surface area contributed by atoms with E-state index in [1.165, 1.54) is 13.0 Å². The molecule has 2 saturated carbocycles. The number of carbonyl (C=O) groups is 2. The molecule has 0 radical (unpaired) electrons. The second-order valence-electron chi connectivity index (χ2n) is 9.08. The summed E-state index contributed by atoms with van der Waals surface area (Å²) in [5.74, 6) is 0.0520. The first kappa shape index (κ1) is 21.5. The normalized spacial score (nSPS) is 20.8. The first-order valence-electron chi connectivity index (χ1n) is 11.0. The molecule has 2 aromatic rings. The van der Waals surface area contributed by atoms with Crippen molar-refractivity contribution in [2.45, 2.75) is 55.7 Å². The van der Waals surface area contributed by atoms with Gasteiger partial charge in [-0.05, 0) is 74.1 Å². The minimum Gasteiger partial charge on any atom is -0.308 e. The second-order valence-corrected chi connectivity index (χ2v) is 11.7. The molecule has 6 nitrogen and oxygen atoms in total. The van der Waals surface area contributed by atoms with Crippen molar-refractivity contribution in [2.75, 3.05) is 16.3 Å². The second kappa shape index (κ2) is 7.59. The fraction of sp³-hybridized carbons (Fsp3) is 0.417. The van der Waals surface area contributed by atoms with Crippen LogP contribution in [0.25, 0.3) is 11.1 Å².